The molecule has 7 nitrogen and oxygen atoms in total. The number of hydrogen-bond acceptors (Lipinski definition) is 3. The minimum atomic E-state index is -0.361. The van der Waals surface area contributed by atoms with E-state index in [2.05, 4.69) is 23.7 Å². The van der Waals surface area contributed by atoms with Crippen LogP contribution >= 0.6 is 0 Å². The fourth-order valence-electron chi connectivity index (χ4n) is 5.35. The van der Waals surface area contributed by atoms with Crippen molar-refractivity contribution in [3.8, 4) is 11.4 Å². The van der Waals surface area contributed by atoms with Gasteiger partial charge < -0.3 is 19.5 Å². The Labute approximate surface area is 236 Å². The average Bonchev–Trinajstić information content (AvgIpc) is 3.49. The Kier molecular flexibility index (Phi) is 8.20. The Morgan fingerprint density at radius 1 is 0.900 bits per heavy atom. The van der Waals surface area contributed by atoms with Crippen LogP contribution in [0.25, 0.3) is 5.69 Å². The lowest BCUT2D eigenvalue weighted by Gasteiger charge is -2.39. The molecule has 1 aliphatic rings. The molecular formula is C33H36N4O3. The molecule has 40 heavy (non-hydrogen) atoms. The first-order valence-corrected chi connectivity index (χ1v) is 13.9. The van der Waals surface area contributed by atoms with E-state index in [9.17, 15) is 9.59 Å². The number of aryl methyl sites for hydroxylation is 1. The standard InChI is InChI=1S/C33H36N4O3/c1-4-6-21-35(33(39)34-27-13-8-7-12-24(27)5-2)23-31(38)37-29-15-10-9-14-28(29)36-22-11-16-30(36)32(37)25-17-19-26(40-3)20-18-25/h7-20,22,32H,4-6,21,23H2,1-3H3,(H,34,39). The summed E-state index contributed by atoms with van der Waals surface area (Å²) in [5.41, 5.74) is 5.53. The number of amides is 3. The topological polar surface area (TPSA) is 66.8 Å². The SMILES string of the molecule is CCCCN(CC(=O)N1c2ccccc2-n2cccc2C1c1ccc(OC)cc1)C(=O)Nc1ccccc1CC. The second-order valence-corrected chi connectivity index (χ2v) is 9.95. The van der Waals surface area contributed by atoms with Gasteiger partial charge in [-0.1, -0.05) is 62.7 Å². The molecule has 0 spiro atoms. The van der Waals surface area contributed by atoms with Crippen LogP contribution in [0.4, 0.5) is 16.2 Å². The largest absolute Gasteiger partial charge is 0.497 e. The van der Waals surface area contributed by atoms with E-state index in [4.69, 9.17) is 4.74 Å². The summed E-state index contributed by atoms with van der Waals surface area (Å²) in [4.78, 5) is 31.4. The molecule has 7 heteroatoms. The zero-order valence-electron chi connectivity index (χ0n) is 23.3. The average molecular weight is 537 g/mol. The third kappa shape index (κ3) is 5.32. The van der Waals surface area contributed by atoms with E-state index in [1.807, 2.05) is 96.0 Å². The number of nitrogens with zero attached hydrogens (tertiary/aromatic N) is 3. The number of hydrogen-bond donors (Lipinski definition) is 1. The van der Waals surface area contributed by atoms with E-state index in [1.165, 1.54) is 0 Å². The van der Waals surface area contributed by atoms with Gasteiger partial charge in [-0.3, -0.25) is 9.69 Å². The predicted octanol–water partition coefficient (Wildman–Crippen LogP) is 6.82. The first kappa shape index (κ1) is 27.1. The highest BCUT2D eigenvalue weighted by atomic mass is 16.5. The van der Waals surface area contributed by atoms with E-state index in [1.54, 1.807) is 12.0 Å². The van der Waals surface area contributed by atoms with Gasteiger partial charge in [0.2, 0.25) is 5.91 Å². The van der Waals surface area contributed by atoms with Crippen molar-refractivity contribution in [1.29, 1.82) is 0 Å². The van der Waals surface area contributed by atoms with Crippen molar-refractivity contribution in [3.05, 3.63) is 108 Å². The normalized spacial score (nSPS) is 13.8. The van der Waals surface area contributed by atoms with E-state index in [0.29, 0.717) is 6.54 Å². The Balaban J connectivity index is 1.50. The number of carbonyl (C=O) groups is 2. The van der Waals surface area contributed by atoms with Gasteiger partial charge in [0.25, 0.3) is 0 Å². The monoisotopic (exact) mass is 536 g/mol. The summed E-state index contributed by atoms with van der Waals surface area (Å²) >= 11 is 0. The molecule has 0 saturated carbocycles. The van der Waals surface area contributed by atoms with Gasteiger partial charge in [-0.05, 0) is 66.4 Å². The molecule has 1 unspecified atom stereocenters. The van der Waals surface area contributed by atoms with Crippen LogP contribution in [-0.4, -0.2) is 41.6 Å². The summed E-state index contributed by atoms with van der Waals surface area (Å²) in [5, 5.41) is 3.06. The molecule has 1 atom stereocenters. The molecule has 3 aromatic carbocycles. The van der Waals surface area contributed by atoms with Crippen LogP contribution in [0.15, 0.2) is 91.1 Å². The lowest BCUT2D eigenvalue weighted by Crippen LogP contribution is -2.48. The maximum atomic E-state index is 14.3. The third-order valence-corrected chi connectivity index (χ3v) is 7.45. The van der Waals surface area contributed by atoms with E-state index >= 15 is 0 Å². The summed E-state index contributed by atoms with van der Waals surface area (Å²) in [6.07, 6.45) is 4.55. The molecule has 3 amide bonds. The highest BCUT2D eigenvalue weighted by Crippen LogP contribution is 2.42. The molecular weight excluding hydrogens is 500 g/mol. The quantitative estimate of drug-likeness (QED) is 0.255. The zero-order valence-corrected chi connectivity index (χ0v) is 23.3. The lowest BCUT2D eigenvalue weighted by molar-refractivity contribution is -0.119. The van der Waals surface area contributed by atoms with E-state index < -0.39 is 0 Å². The second-order valence-electron chi connectivity index (χ2n) is 9.95. The third-order valence-electron chi connectivity index (χ3n) is 7.45. The first-order chi connectivity index (χ1) is 19.5. The minimum Gasteiger partial charge on any atom is -0.497 e. The number of nitrogens with one attached hydrogen (secondary N) is 1. The molecule has 1 aliphatic heterocycles. The highest BCUT2D eigenvalue weighted by Gasteiger charge is 2.37. The van der Waals surface area contributed by atoms with Gasteiger partial charge in [-0.25, -0.2) is 4.79 Å². The van der Waals surface area contributed by atoms with Crippen LogP contribution in [0, 0.1) is 0 Å². The molecule has 2 heterocycles. The number of aromatic nitrogens is 1. The Morgan fingerprint density at radius 2 is 1.62 bits per heavy atom. The zero-order chi connectivity index (χ0) is 28.1. The summed E-state index contributed by atoms with van der Waals surface area (Å²) in [6.45, 7) is 4.59. The summed E-state index contributed by atoms with van der Waals surface area (Å²) in [5.74, 6) is 0.610. The van der Waals surface area contributed by atoms with Gasteiger partial charge >= 0.3 is 6.03 Å². The number of urea groups is 1. The van der Waals surface area contributed by atoms with Crippen molar-refractivity contribution >= 4 is 23.3 Å². The number of anilines is 2. The maximum absolute atomic E-state index is 14.3. The van der Waals surface area contributed by atoms with Crippen LogP contribution in [0.1, 0.15) is 49.6 Å². The van der Waals surface area contributed by atoms with Gasteiger partial charge in [0, 0.05) is 18.4 Å². The smallest absolute Gasteiger partial charge is 0.322 e. The Bertz CT molecular complexity index is 1480. The van der Waals surface area contributed by atoms with Gasteiger partial charge in [0.1, 0.15) is 18.3 Å². The number of unbranched alkanes of at least 4 members (excludes halogenated alkanes) is 1. The summed E-state index contributed by atoms with van der Waals surface area (Å²) in [7, 11) is 1.64. The number of rotatable bonds is 9. The van der Waals surface area contributed by atoms with Crippen LogP contribution in [0.2, 0.25) is 0 Å². The number of carbonyl (C=O) groups excluding carboxylic acids is 2. The number of methoxy groups -OCH3 is 1. The fourth-order valence-corrected chi connectivity index (χ4v) is 5.35. The molecule has 0 aliphatic carbocycles. The summed E-state index contributed by atoms with van der Waals surface area (Å²) < 4.78 is 7.52. The minimum absolute atomic E-state index is 0.0399. The fraction of sp³-hybridized carbons (Fsp3) is 0.273. The molecule has 5 rings (SSSR count). The number of fused-ring (bicyclic) bond motifs is 3. The predicted molar refractivity (Wildman–Crippen MR) is 159 cm³/mol. The van der Waals surface area contributed by atoms with Crippen LogP contribution in [0.3, 0.4) is 0 Å². The molecule has 0 saturated heterocycles. The van der Waals surface area contributed by atoms with Crippen molar-refractivity contribution in [2.45, 2.75) is 39.2 Å². The lowest BCUT2D eigenvalue weighted by atomic mass is 9.97. The van der Waals surface area contributed by atoms with Crippen LogP contribution < -0.4 is 15.0 Å². The Morgan fingerprint density at radius 3 is 2.35 bits per heavy atom. The number of benzene rings is 3. The molecule has 4 aromatic rings. The van der Waals surface area contributed by atoms with Crippen molar-refractivity contribution < 1.29 is 14.3 Å². The van der Waals surface area contributed by atoms with Gasteiger partial charge in [-0.2, -0.15) is 0 Å². The molecule has 206 valence electrons. The molecule has 1 N–H and O–H groups in total. The molecule has 0 bridgehead atoms. The molecule has 0 radical (unpaired) electrons. The van der Waals surface area contributed by atoms with Crippen molar-refractivity contribution in [3.63, 3.8) is 0 Å². The number of para-hydroxylation sites is 3. The van der Waals surface area contributed by atoms with E-state index in [0.717, 1.165) is 58.9 Å². The first-order valence-electron chi connectivity index (χ1n) is 13.9. The maximum Gasteiger partial charge on any atom is 0.322 e. The van der Waals surface area contributed by atoms with Gasteiger partial charge in [0.15, 0.2) is 0 Å². The molecule has 1 aromatic heterocycles. The van der Waals surface area contributed by atoms with Gasteiger partial charge in [-0.15, -0.1) is 0 Å². The van der Waals surface area contributed by atoms with Crippen molar-refractivity contribution in [2.75, 3.05) is 30.4 Å². The van der Waals surface area contributed by atoms with E-state index in [-0.39, 0.29) is 24.5 Å². The highest BCUT2D eigenvalue weighted by molar-refractivity contribution is 6.01. The van der Waals surface area contributed by atoms with Crippen molar-refractivity contribution in [1.82, 2.24) is 9.47 Å². The van der Waals surface area contributed by atoms with Crippen LogP contribution in [0.5, 0.6) is 5.75 Å². The Hall–Kier alpha value is -4.52. The second kappa shape index (κ2) is 12.1. The van der Waals surface area contributed by atoms with Crippen LogP contribution in [-0.2, 0) is 11.2 Å². The van der Waals surface area contributed by atoms with Crippen molar-refractivity contribution in [2.24, 2.45) is 0 Å². The molecule has 0 fully saturated rings. The van der Waals surface area contributed by atoms with Gasteiger partial charge in [0.05, 0.1) is 24.2 Å². The summed E-state index contributed by atoms with van der Waals surface area (Å²) in [6, 6.07) is 27.0. The number of ether oxygens (including phenoxy) is 1.